The van der Waals surface area contributed by atoms with E-state index < -0.39 is 11.9 Å². The summed E-state index contributed by atoms with van der Waals surface area (Å²) in [5, 5.41) is 1.10. The van der Waals surface area contributed by atoms with Gasteiger partial charge in [-0.15, -0.1) is 0 Å². The zero-order valence-corrected chi connectivity index (χ0v) is 17.1. The van der Waals surface area contributed by atoms with Crippen LogP contribution in [0.4, 0.5) is 0 Å². The first-order chi connectivity index (χ1) is 13.4. The topological polar surface area (TPSA) is 98.3 Å². The molecule has 0 saturated carbocycles. The molecule has 0 radical (unpaired) electrons. The number of fused-ring (bicyclic) bond motifs is 1. The molecule has 1 aromatic heterocycles. The summed E-state index contributed by atoms with van der Waals surface area (Å²) >= 11 is 1.24. The van der Waals surface area contributed by atoms with Gasteiger partial charge in [0.05, 0.1) is 16.7 Å². The van der Waals surface area contributed by atoms with E-state index in [4.69, 9.17) is 5.73 Å². The molecular formula is C20H26N4O3S. The fraction of sp³-hybridized carbons (Fsp3) is 0.500. The fourth-order valence-corrected chi connectivity index (χ4v) is 4.52. The van der Waals surface area contributed by atoms with Crippen molar-refractivity contribution in [3.05, 3.63) is 34.6 Å². The number of benzene rings is 1. The van der Waals surface area contributed by atoms with Crippen molar-refractivity contribution >= 4 is 34.5 Å². The number of hydrogen-bond donors (Lipinski definition) is 1. The Morgan fingerprint density at radius 1 is 1.32 bits per heavy atom. The minimum atomic E-state index is -0.539. The normalized spacial score (nSPS) is 18.2. The van der Waals surface area contributed by atoms with Crippen LogP contribution in [0.2, 0.25) is 0 Å². The van der Waals surface area contributed by atoms with Crippen LogP contribution in [0, 0.1) is 0 Å². The Labute approximate surface area is 168 Å². The summed E-state index contributed by atoms with van der Waals surface area (Å²) < 4.78 is 1.67. The number of primary amides is 1. The van der Waals surface area contributed by atoms with Gasteiger partial charge in [-0.25, -0.2) is 4.98 Å². The number of amides is 2. The number of nitrogens with two attached hydrogens (primary N) is 1. The Kier molecular flexibility index (Phi) is 6.39. The number of carbonyl (C=O) groups is 2. The summed E-state index contributed by atoms with van der Waals surface area (Å²) in [6.07, 6.45) is 3.14. The van der Waals surface area contributed by atoms with Crippen LogP contribution in [0.25, 0.3) is 10.9 Å². The van der Waals surface area contributed by atoms with Crippen molar-refractivity contribution in [3.8, 4) is 0 Å². The van der Waals surface area contributed by atoms with Crippen molar-refractivity contribution in [3.63, 3.8) is 0 Å². The number of likely N-dealkylation sites (tertiary alicyclic amines) is 1. The van der Waals surface area contributed by atoms with Crippen molar-refractivity contribution in [2.24, 2.45) is 5.73 Å². The summed E-state index contributed by atoms with van der Waals surface area (Å²) in [5.74, 6) is -0.490. The first-order valence-corrected chi connectivity index (χ1v) is 10.7. The van der Waals surface area contributed by atoms with E-state index in [2.05, 4.69) is 4.98 Å². The van der Waals surface area contributed by atoms with Gasteiger partial charge in [0, 0.05) is 12.6 Å². The summed E-state index contributed by atoms with van der Waals surface area (Å²) in [6.45, 7) is 4.52. The summed E-state index contributed by atoms with van der Waals surface area (Å²) in [4.78, 5) is 43.7. The van der Waals surface area contributed by atoms with E-state index in [1.54, 1.807) is 21.6 Å². The first-order valence-electron chi connectivity index (χ1n) is 9.67. The maximum atomic E-state index is 13.0. The molecule has 0 aliphatic carbocycles. The van der Waals surface area contributed by atoms with Crippen LogP contribution in [0.3, 0.4) is 0 Å². The van der Waals surface area contributed by atoms with Crippen LogP contribution in [-0.4, -0.2) is 44.6 Å². The SMILES string of the molecule is CC[C@@H](C)n1c(SCC(=O)N2CCCC[C@H]2C(N)=O)nc2ccccc2c1=O. The predicted molar refractivity (Wildman–Crippen MR) is 110 cm³/mol. The van der Waals surface area contributed by atoms with Crippen LogP contribution < -0.4 is 11.3 Å². The number of piperidine rings is 1. The van der Waals surface area contributed by atoms with Crippen LogP contribution in [-0.2, 0) is 9.59 Å². The predicted octanol–water partition coefficient (Wildman–Crippen LogP) is 2.33. The molecule has 1 aliphatic rings. The Balaban J connectivity index is 1.88. The van der Waals surface area contributed by atoms with Gasteiger partial charge in [-0.3, -0.25) is 19.0 Å². The lowest BCUT2D eigenvalue weighted by atomic mass is 10.0. The quantitative estimate of drug-likeness (QED) is 0.591. The molecule has 2 heterocycles. The van der Waals surface area contributed by atoms with E-state index in [-0.39, 0.29) is 23.3 Å². The van der Waals surface area contributed by atoms with Crippen LogP contribution in [0.5, 0.6) is 0 Å². The molecule has 3 rings (SSSR count). The lowest BCUT2D eigenvalue weighted by Crippen LogP contribution is -2.51. The summed E-state index contributed by atoms with van der Waals surface area (Å²) in [6, 6.07) is 6.67. The molecule has 2 aromatic rings. The molecule has 0 spiro atoms. The van der Waals surface area contributed by atoms with Crippen molar-refractivity contribution in [1.82, 2.24) is 14.5 Å². The highest BCUT2D eigenvalue weighted by Crippen LogP contribution is 2.24. The average molecular weight is 403 g/mol. The largest absolute Gasteiger partial charge is 0.368 e. The van der Waals surface area contributed by atoms with Gasteiger partial charge < -0.3 is 10.6 Å². The van der Waals surface area contributed by atoms with Crippen LogP contribution >= 0.6 is 11.8 Å². The zero-order chi connectivity index (χ0) is 20.3. The molecule has 2 atom stereocenters. The molecule has 1 fully saturated rings. The first kappa shape index (κ1) is 20.4. The van der Waals surface area contributed by atoms with E-state index in [0.717, 1.165) is 19.3 Å². The third-order valence-corrected chi connectivity index (χ3v) is 6.22. The second-order valence-corrected chi connectivity index (χ2v) is 8.08. The highest BCUT2D eigenvalue weighted by Gasteiger charge is 2.30. The van der Waals surface area contributed by atoms with E-state index in [1.807, 2.05) is 26.0 Å². The van der Waals surface area contributed by atoms with Gasteiger partial charge in [0.25, 0.3) is 5.56 Å². The molecule has 2 amide bonds. The average Bonchev–Trinajstić information content (AvgIpc) is 2.71. The minimum Gasteiger partial charge on any atom is -0.368 e. The number of carbonyl (C=O) groups excluding carboxylic acids is 2. The molecule has 2 N–H and O–H groups in total. The lowest BCUT2D eigenvalue weighted by Gasteiger charge is -2.33. The molecule has 7 nitrogen and oxygen atoms in total. The van der Waals surface area contributed by atoms with E-state index in [1.165, 1.54) is 11.8 Å². The molecule has 28 heavy (non-hydrogen) atoms. The molecule has 1 saturated heterocycles. The molecule has 0 bridgehead atoms. The molecular weight excluding hydrogens is 376 g/mol. The molecule has 1 aliphatic heterocycles. The Bertz CT molecular complexity index is 943. The Morgan fingerprint density at radius 3 is 2.79 bits per heavy atom. The third kappa shape index (κ3) is 4.06. The standard InChI is InChI=1S/C20H26N4O3S/c1-3-13(2)24-19(27)14-8-4-5-9-15(14)22-20(24)28-12-17(25)23-11-7-6-10-16(23)18(21)26/h4-5,8-9,13,16H,3,6-7,10-12H2,1-2H3,(H2,21,26)/t13-,16+/m1/s1. The third-order valence-electron chi connectivity index (χ3n) is 5.28. The van der Waals surface area contributed by atoms with E-state index in [9.17, 15) is 14.4 Å². The van der Waals surface area contributed by atoms with Crippen molar-refractivity contribution in [2.45, 2.75) is 56.8 Å². The number of thioether (sulfide) groups is 1. The van der Waals surface area contributed by atoms with Gasteiger partial charge in [0.15, 0.2) is 5.16 Å². The second kappa shape index (κ2) is 8.77. The zero-order valence-electron chi connectivity index (χ0n) is 16.3. The Morgan fingerprint density at radius 2 is 2.07 bits per heavy atom. The van der Waals surface area contributed by atoms with Crippen molar-refractivity contribution in [1.29, 1.82) is 0 Å². The highest BCUT2D eigenvalue weighted by atomic mass is 32.2. The number of hydrogen-bond acceptors (Lipinski definition) is 5. The number of para-hydroxylation sites is 1. The molecule has 0 unspecified atom stereocenters. The van der Waals surface area contributed by atoms with Crippen LogP contribution in [0.1, 0.15) is 45.6 Å². The fourth-order valence-electron chi connectivity index (χ4n) is 3.53. The van der Waals surface area contributed by atoms with E-state index >= 15 is 0 Å². The number of rotatable bonds is 6. The summed E-state index contributed by atoms with van der Waals surface area (Å²) in [7, 11) is 0. The van der Waals surface area contributed by atoms with Gasteiger partial charge in [0.2, 0.25) is 11.8 Å². The maximum absolute atomic E-state index is 13.0. The minimum absolute atomic E-state index is 0.0319. The maximum Gasteiger partial charge on any atom is 0.262 e. The molecule has 1 aromatic carbocycles. The number of nitrogens with zero attached hydrogens (tertiary/aromatic N) is 3. The Hall–Kier alpha value is -2.35. The van der Waals surface area contributed by atoms with Gasteiger partial charge >= 0.3 is 0 Å². The lowest BCUT2D eigenvalue weighted by molar-refractivity contribution is -0.138. The van der Waals surface area contributed by atoms with Gasteiger partial charge in [-0.05, 0) is 44.7 Å². The monoisotopic (exact) mass is 402 g/mol. The highest BCUT2D eigenvalue weighted by molar-refractivity contribution is 7.99. The van der Waals surface area contributed by atoms with Gasteiger partial charge in [0.1, 0.15) is 6.04 Å². The number of aromatic nitrogens is 2. The van der Waals surface area contributed by atoms with Gasteiger partial charge in [-0.2, -0.15) is 0 Å². The van der Waals surface area contributed by atoms with Crippen molar-refractivity contribution < 1.29 is 9.59 Å². The van der Waals surface area contributed by atoms with Crippen LogP contribution in [0.15, 0.2) is 34.2 Å². The smallest absolute Gasteiger partial charge is 0.262 e. The molecule has 150 valence electrons. The summed E-state index contributed by atoms with van der Waals surface area (Å²) in [5.41, 5.74) is 5.99. The van der Waals surface area contributed by atoms with Crippen molar-refractivity contribution in [2.75, 3.05) is 12.3 Å². The van der Waals surface area contributed by atoms with E-state index in [0.29, 0.717) is 29.0 Å². The molecule has 8 heteroatoms. The second-order valence-electron chi connectivity index (χ2n) is 7.13. The van der Waals surface area contributed by atoms with Gasteiger partial charge in [-0.1, -0.05) is 30.8 Å².